The quantitative estimate of drug-likeness (QED) is 0.783. The van der Waals surface area contributed by atoms with E-state index in [-0.39, 0.29) is 0 Å². The standard InChI is InChI=1S/C15H20N2/c1-11(2)10-15-12(3)16-17(13(15)4)14-8-6-5-7-9-14/h5-9,11H,10H2,1-4H3. The minimum absolute atomic E-state index is 0.667. The molecule has 0 unspecified atom stereocenters. The van der Waals surface area contributed by atoms with E-state index in [1.54, 1.807) is 0 Å². The Morgan fingerprint density at radius 2 is 1.76 bits per heavy atom. The molecule has 17 heavy (non-hydrogen) atoms. The van der Waals surface area contributed by atoms with E-state index >= 15 is 0 Å². The Hall–Kier alpha value is -1.57. The van der Waals surface area contributed by atoms with Crippen molar-refractivity contribution in [2.45, 2.75) is 34.1 Å². The van der Waals surface area contributed by atoms with Crippen LogP contribution in [0.1, 0.15) is 30.8 Å². The normalized spacial score (nSPS) is 11.1. The van der Waals surface area contributed by atoms with Crippen LogP contribution in [-0.2, 0) is 6.42 Å². The van der Waals surface area contributed by atoms with Crippen LogP contribution >= 0.6 is 0 Å². The molecule has 1 aromatic carbocycles. The summed E-state index contributed by atoms with van der Waals surface area (Å²) in [5.74, 6) is 0.667. The molecule has 0 aliphatic heterocycles. The number of benzene rings is 1. The second-order valence-electron chi connectivity index (χ2n) is 4.99. The van der Waals surface area contributed by atoms with E-state index in [2.05, 4.69) is 44.9 Å². The maximum absolute atomic E-state index is 4.65. The summed E-state index contributed by atoms with van der Waals surface area (Å²) in [6, 6.07) is 10.3. The molecule has 0 radical (unpaired) electrons. The molecule has 2 aromatic rings. The molecule has 0 spiro atoms. The molecule has 0 bridgehead atoms. The van der Waals surface area contributed by atoms with Gasteiger partial charge in [0.15, 0.2) is 0 Å². The van der Waals surface area contributed by atoms with Gasteiger partial charge in [-0.05, 0) is 43.9 Å². The first kappa shape index (κ1) is 11.9. The molecule has 0 aliphatic rings. The maximum atomic E-state index is 4.65. The summed E-state index contributed by atoms with van der Waals surface area (Å²) in [5.41, 5.74) is 4.95. The van der Waals surface area contributed by atoms with Crippen molar-refractivity contribution in [3.05, 3.63) is 47.3 Å². The average molecular weight is 228 g/mol. The van der Waals surface area contributed by atoms with Crippen LogP contribution in [-0.4, -0.2) is 9.78 Å². The van der Waals surface area contributed by atoms with E-state index in [0.717, 1.165) is 17.8 Å². The van der Waals surface area contributed by atoms with Crippen LogP contribution in [0.4, 0.5) is 0 Å². The summed E-state index contributed by atoms with van der Waals surface area (Å²) in [7, 11) is 0. The zero-order valence-corrected chi connectivity index (χ0v) is 11.1. The Labute approximate surface area is 103 Å². The SMILES string of the molecule is Cc1nn(-c2ccccc2)c(C)c1CC(C)C. The highest BCUT2D eigenvalue weighted by Gasteiger charge is 2.13. The van der Waals surface area contributed by atoms with Crippen molar-refractivity contribution >= 4 is 0 Å². The Bertz CT molecular complexity index is 495. The first-order valence-corrected chi connectivity index (χ1v) is 6.20. The average Bonchev–Trinajstić information content (AvgIpc) is 2.58. The molecule has 1 heterocycles. The molecular formula is C15H20N2. The summed E-state index contributed by atoms with van der Waals surface area (Å²) in [6.45, 7) is 8.76. The van der Waals surface area contributed by atoms with E-state index in [9.17, 15) is 0 Å². The zero-order chi connectivity index (χ0) is 12.4. The Morgan fingerprint density at radius 1 is 1.12 bits per heavy atom. The monoisotopic (exact) mass is 228 g/mol. The topological polar surface area (TPSA) is 17.8 Å². The Morgan fingerprint density at radius 3 is 2.35 bits per heavy atom. The zero-order valence-electron chi connectivity index (χ0n) is 11.1. The highest BCUT2D eigenvalue weighted by molar-refractivity contribution is 5.37. The van der Waals surface area contributed by atoms with Gasteiger partial charge < -0.3 is 0 Å². The molecule has 0 amide bonds. The predicted octanol–water partition coefficient (Wildman–Crippen LogP) is 3.69. The van der Waals surface area contributed by atoms with Crippen molar-refractivity contribution in [1.29, 1.82) is 0 Å². The van der Waals surface area contributed by atoms with Crippen molar-refractivity contribution in [3.63, 3.8) is 0 Å². The lowest BCUT2D eigenvalue weighted by Crippen LogP contribution is -2.00. The molecule has 1 aromatic heterocycles. The number of hydrogen-bond acceptors (Lipinski definition) is 1. The van der Waals surface area contributed by atoms with Crippen LogP contribution in [0.2, 0.25) is 0 Å². The summed E-state index contributed by atoms with van der Waals surface area (Å²) in [5, 5.41) is 4.65. The summed E-state index contributed by atoms with van der Waals surface area (Å²) in [6.07, 6.45) is 1.10. The van der Waals surface area contributed by atoms with Gasteiger partial charge >= 0.3 is 0 Å². The fourth-order valence-corrected chi connectivity index (χ4v) is 2.20. The van der Waals surface area contributed by atoms with Crippen molar-refractivity contribution < 1.29 is 0 Å². The molecule has 90 valence electrons. The van der Waals surface area contributed by atoms with Crippen LogP contribution in [0.25, 0.3) is 5.69 Å². The van der Waals surface area contributed by atoms with Crippen LogP contribution in [0.5, 0.6) is 0 Å². The van der Waals surface area contributed by atoms with Gasteiger partial charge in [0, 0.05) is 5.69 Å². The van der Waals surface area contributed by atoms with Gasteiger partial charge in [-0.3, -0.25) is 0 Å². The van der Waals surface area contributed by atoms with E-state index < -0.39 is 0 Å². The first-order chi connectivity index (χ1) is 8.09. The maximum Gasteiger partial charge on any atom is 0.0648 e. The molecule has 2 heteroatoms. The molecule has 0 saturated heterocycles. The fourth-order valence-electron chi connectivity index (χ4n) is 2.20. The van der Waals surface area contributed by atoms with Crippen LogP contribution in [0, 0.1) is 19.8 Å². The van der Waals surface area contributed by atoms with Gasteiger partial charge in [-0.1, -0.05) is 32.0 Å². The van der Waals surface area contributed by atoms with Crippen molar-refractivity contribution in [1.82, 2.24) is 9.78 Å². The number of aryl methyl sites for hydroxylation is 1. The van der Waals surface area contributed by atoms with E-state index in [1.807, 2.05) is 22.9 Å². The summed E-state index contributed by atoms with van der Waals surface area (Å²) < 4.78 is 2.05. The molecule has 0 aliphatic carbocycles. The van der Waals surface area contributed by atoms with E-state index in [0.29, 0.717) is 5.92 Å². The smallest absolute Gasteiger partial charge is 0.0648 e. The van der Waals surface area contributed by atoms with Gasteiger partial charge in [-0.2, -0.15) is 5.10 Å². The van der Waals surface area contributed by atoms with Gasteiger partial charge in [0.25, 0.3) is 0 Å². The van der Waals surface area contributed by atoms with Crippen LogP contribution in [0.15, 0.2) is 30.3 Å². The second-order valence-corrected chi connectivity index (χ2v) is 4.99. The third-order valence-corrected chi connectivity index (χ3v) is 3.05. The summed E-state index contributed by atoms with van der Waals surface area (Å²) in [4.78, 5) is 0. The van der Waals surface area contributed by atoms with Gasteiger partial charge in [-0.25, -0.2) is 4.68 Å². The van der Waals surface area contributed by atoms with Crippen LogP contribution < -0.4 is 0 Å². The number of rotatable bonds is 3. The molecule has 0 N–H and O–H groups in total. The minimum atomic E-state index is 0.667. The molecule has 2 rings (SSSR count). The Balaban J connectivity index is 2.44. The van der Waals surface area contributed by atoms with Gasteiger partial charge in [-0.15, -0.1) is 0 Å². The third kappa shape index (κ3) is 2.41. The van der Waals surface area contributed by atoms with Gasteiger partial charge in [0.05, 0.1) is 11.4 Å². The fraction of sp³-hybridized carbons (Fsp3) is 0.400. The molecule has 0 atom stereocenters. The predicted molar refractivity (Wildman–Crippen MR) is 71.6 cm³/mol. The van der Waals surface area contributed by atoms with Crippen LogP contribution in [0.3, 0.4) is 0 Å². The lowest BCUT2D eigenvalue weighted by Gasteiger charge is -2.07. The van der Waals surface area contributed by atoms with Crippen molar-refractivity contribution in [3.8, 4) is 5.69 Å². The lowest BCUT2D eigenvalue weighted by molar-refractivity contribution is 0.642. The number of hydrogen-bond donors (Lipinski definition) is 0. The summed E-state index contributed by atoms with van der Waals surface area (Å²) >= 11 is 0. The number of aromatic nitrogens is 2. The molecule has 0 fully saturated rings. The highest BCUT2D eigenvalue weighted by Crippen LogP contribution is 2.20. The number of para-hydroxylation sites is 1. The second kappa shape index (κ2) is 4.74. The van der Waals surface area contributed by atoms with E-state index in [4.69, 9.17) is 0 Å². The lowest BCUT2D eigenvalue weighted by atomic mass is 10.0. The third-order valence-electron chi connectivity index (χ3n) is 3.05. The molecular weight excluding hydrogens is 208 g/mol. The van der Waals surface area contributed by atoms with Crippen molar-refractivity contribution in [2.24, 2.45) is 5.92 Å². The molecule has 2 nitrogen and oxygen atoms in total. The number of nitrogens with zero attached hydrogens (tertiary/aromatic N) is 2. The van der Waals surface area contributed by atoms with Gasteiger partial charge in [0.1, 0.15) is 0 Å². The largest absolute Gasteiger partial charge is 0.238 e. The van der Waals surface area contributed by atoms with Crippen molar-refractivity contribution in [2.75, 3.05) is 0 Å². The minimum Gasteiger partial charge on any atom is -0.238 e. The molecule has 0 saturated carbocycles. The Kier molecular flexibility index (Phi) is 3.32. The first-order valence-electron chi connectivity index (χ1n) is 6.20. The van der Waals surface area contributed by atoms with E-state index in [1.165, 1.54) is 11.3 Å². The highest BCUT2D eigenvalue weighted by atomic mass is 15.3. The van der Waals surface area contributed by atoms with Gasteiger partial charge in [0.2, 0.25) is 0 Å².